The zero-order valence-electron chi connectivity index (χ0n) is 17.5. The van der Waals surface area contributed by atoms with E-state index in [0.717, 1.165) is 30.5 Å². The highest BCUT2D eigenvalue weighted by Crippen LogP contribution is 2.39. The number of hydrogen-bond acceptors (Lipinski definition) is 3. The highest BCUT2D eigenvalue weighted by atomic mass is 16.5. The van der Waals surface area contributed by atoms with Crippen molar-refractivity contribution >= 4 is 5.76 Å². The number of methoxy groups -OCH3 is 1. The second kappa shape index (κ2) is 9.80. The van der Waals surface area contributed by atoms with Crippen molar-refractivity contribution in [1.29, 1.82) is 0 Å². The summed E-state index contributed by atoms with van der Waals surface area (Å²) >= 11 is 0. The first-order valence-electron chi connectivity index (χ1n) is 10.00. The largest absolute Gasteiger partial charge is 0.508 e. The molecule has 1 aliphatic rings. The number of rotatable bonds is 9. The van der Waals surface area contributed by atoms with Crippen molar-refractivity contribution in [1.82, 2.24) is 4.90 Å². The first-order valence-corrected chi connectivity index (χ1v) is 10.00. The molecule has 0 radical (unpaired) electrons. The Morgan fingerprint density at radius 3 is 2.48 bits per heavy atom. The Labute approximate surface area is 165 Å². The van der Waals surface area contributed by atoms with Crippen molar-refractivity contribution in [2.45, 2.75) is 58.5 Å². The first-order chi connectivity index (χ1) is 12.8. The lowest BCUT2D eigenvalue weighted by molar-refractivity contribution is 0.165. The van der Waals surface area contributed by atoms with Crippen molar-refractivity contribution in [2.75, 3.05) is 13.7 Å². The van der Waals surface area contributed by atoms with Crippen LogP contribution in [0.2, 0.25) is 0 Å². The smallest absolute Gasteiger partial charge is 0.119 e. The van der Waals surface area contributed by atoms with Crippen LogP contribution in [0.15, 0.2) is 49.1 Å². The predicted molar refractivity (Wildman–Crippen MR) is 115 cm³/mol. The summed E-state index contributed by atoms with van der Waals surface area (Å²) in [4.78, 5) is 2.52. The molecule has 2 atom stereocenters. The third-order valence-electron chi connectivity index (χ3n) is 5.55. The number of phenolic OH excluding ortho intramolecular Hbond substituents is 1. The summed E-state index contributed by atoms with van der Waals surface area (Å²) in [6.07, 6.45) is 10.7. The Kier molecular flexibility index (Phi) is 7.73. The van der Waals surface area contributed by atoms with E-state index >= 15 is 0 Å². The van der Waals surface area contributed by atoms with Gasteiger partial charge in [0.2, 0.25) is 0 Å². The Balaban J connectivity index is 2.34. The molecular weight excluding hydrogens is 334 g/mol. The van der Waals surface area contributed by atoms with Crippen LogP contribution in [0.4, 0.5) is 0 Å². The molecule has 1 N–H and O–H groups in total. The maximum Gasteiger partial charge on any atom is 0.119 e. The van der Waals surface area contributed by atoms with Crippen molar-refractivity contribution in [2.24, 2.45) is 5.92 Å². The van der Waals surface area contributed by atoms with Crippen molar-refractivity contribution in [3.05, 3.63) is 60.2 Å². The van der Waals surface area contributed by atoms with Gasteiger partial charge in [0.05, 0.1) is 7.11 Å². The normalized spacial score (nSPS) is 17.7. The second-order valence-electron chi connectivity index (χ2n) is 7.93. The molecule has 27 heavy (non-hydrogen) atoms. The van der Waals surface area contributed by atoms with Gasteiger partial charge in [-0.2, -0.15) is 0 Å². The molecule has 3 nitrogen and oxygen atoms in total. The lowest BCUT2D eigenvalue weighted by Crippen LogP contribution is -2.38. The number of aromatic hydroxyl groups is 1. The summed E-state index contributed by atoms with van der Waals surface area (Å²) in [5.74, 6) is 1.61. The van der Waals surface area contributed by atoms with Gasteiger partial charge >= 0.3 is 0 Å². The molecule has 0 fully saturated rings. The summed E-state index contributed by atoms with van der Waals surface area (Å²) in [6.45, 7) is 14.0. The summed E-state index contributed by atoms with van der Waals surface area (Å²) in [7, 11) is 1.63. The Hall–Kier alpha value is -2.00. The molecule has 148 valence electrons. The molecule has 0 saturated heterocycles. The molecule has 1 aromatic carbocycles. The topological polar surface area (TPSA) is 32.7 Å². The van der Waals surface area contributed by atoms with E-state index in [1.807, 2.05) is 12.1 Å². The maximum absolute atomic E-state index is 10.6. The van der Waals surface area contributed by atoms with Crippen LogP contribution in [0.1, 0.15) is 57.6 Å². The molecular formula is C24H35NO2. The summed E-state index contributed by atoms with van der Waals surface area (Å²) in [6, 6.07) is 6.69. The van der Waals surface area contributed by atoms with Crippen LogP contribution in [0.25, 0.3) is 5.76 Å². The van der Waals surface area contributed by atoms with Gasteiger partial charge in [-0.05, 0) is 82.7 Å². The number of hydrogen-bond donors (Lipinski definition) is 1. The minimum atomic E-state index is 0.246. The number of nitrogens with zero attached hydrogens (tertiary/aromatic N) is 1. The van der Waals surface area contributed by atoms with Crippen LogP contribution < -0.4 is 0 Å². The number of ether oxygens (including phenoxy) is 1. The van der Waals surface area contributed by atoms with E-state index in [4.69, 9.17) is 4.74 Å². The zero-order valence-corrected chi connectivity index (χ0v) is 17.5. The van der Waals surface area contributed by atoms with E-state index in [-0.39, 0.29) is 5.92 Å². The van der Waals surface area contributed by atoms with Gasteiger partial charge in [0.1, 0.15) is 11.5 Å². The van der Waals surface area contributed by atoms with Crippen molar-refractivity contribution in [3.8, 4) is 5.75 Å². The van der Waals surface area contributed by atoms with Crippen LogP contribution in [0.3, 0.4) is 0 Å². The molecule has 0 saturated carbocycles. The van der Waals surface area contributed by atoms with E-state index in [1.165, 1.54) is 0 Å². The predicted octanol–water partition coefficient (Wildman–Crippen LogP) is 5.73. The van der Waals surface area contributed by atoms with Gasteiger partial charge in [-0.3, -0.25) is 4.90 Å². The minimum Gasteiger partial charge on any atom is -0.508 e. The lowest BCUT2D eigenvalue weighted by atomic mass is 9.79. The van der Waals surface area contributed by atoms with Gasteiger partial charge in [0.15, 0.2) is 0 Å². The highest BCUT2D eigenvalue weighted by molar-refractivity contribution is 5.60. The molecule has 3 heteroatoms. The minimum absolute atomic E-state index is 0.246. The fourth-order valence-corrected chi connectivity index (χ4v) is 4.04. The fourth-order valence-electron chi connectivity index (χ4n) is 4.04. The van der Waals surface area contributed by atoms with Gasteiger partial charge in [0.25, 0.3) is 0 Å². The molecule has 0 bridgehead atoms. The van der Waals surface area contributed by atoms with Crippen molar-refractivity contribution < 1.29 is 9.84 Å². The SMILES string of the molecule is C=C(OC)c1ccc(O)c(C(CCN(C(C)C)C(C)C)C2C=CC=CC2)c1. The average molecular weight is 370 g/mol. The monoisotopic (exact) mass is 369 g/mol. The Morgan fingerprint density at radius 1 is 1.22 bits per heavy atom. The average Bonchev–Trinajstić information content (AvgIpc) is 2.65. The molecule has 0 spiro atoms. The fraction of sp³-hybridized carbons (Fsp3) is 0.500. The molecule has 1 aliphatic carbocycles. The third kappa shape index (κ3) is 5.49. The van der Waals surface area contributed by atoms with E-state index in [2.05, 4.69) is 63.5 Å². The van der Waals surface area contributed by atoms with E-state index in [9.17, 15) is 5.11 Å². The molecule has 1 aromatic rings. The Bertz CT molecular complexity index is 680. The van der Waals surface area contributed by atoms with Crippen LogP contribution in [0.5, 0.6) is 5.75 Å². The van der Waals surface area contributed by atoms with Crippen LogP contribution in [0, 0.1) is 5.92 Å². The standard InChI is InChI=1S/C24H35NO2/c1-17(2)25(18(3)4)15-14-22(20-10-8-7-9-11-20)23-16-21(19(5)27-6)12-13-24(23)26/h7-10,12-13,16-18,20,22,26H,5,11,14-15H2,1-4,6H3. The number of phenols is 1. The van der Waals surface area contributed by atoms with Crippen molar-refractivity contribution in [3.63, 3.8) is 0 Å². The van der Waals surface area contributed by atoms with Gasteiger partial charge < -0.3 is 9.84 Å². The van der Waals surface area contributed by atoms with E-state index in [0.29, 0.717) is 29.5 Å². The van der Waals surface area contributed by atoms with Gasteiger partial charge in [-0.25, -0.2) is 0 Å². The molecule has 0 aromatic heterocycles. The number of benzene rings is 1. The quantitative estimate of drug-likeness (QED) is 0.564. The molecule has 2 unspecified atom stereocenters. The van der Waals surface area contributed by atoms with Gasteiger partial charge in [-0.1, -0.05) is 30.9 Å². The van der Waals surface area contributed by atoms with Crippen LogP contribution in [-0.2, 0) is 4.74 Å². The summed E-state index contributed by atoms with van der Waals surface area (Å²) < 4.78 is 5.31. The highest BCUT2D eigenvalue weighted by Gasteiger charge is 2.26. The second-order valence-corrected chi connectivity index (χ2v) is 7.93. The third-order valence-corrected chi connectivity index (χ3v) is 5.55. The zero-order chi connectivity index (χ0) is 20.0. The molecule has 2 rings (SSSR count). The first kappa shape index (κ1) is 21.3. The molecule has 0 amide bonds. The summed E-state index contributed by atoms with van der Waals surface area (Å²) in [5, 5.41) is 10.6. The van der Waals surface area contributed by atoms with Gasteiger partial charge in [0, 0.05) is 17.6 Å². The van der Waals surface area contributed by atoms with E-state index in [1.54, 1.807) is 13.2 Å². The van der Waals surface area contributed by atoms with Gasteiger partial charge in [-0.15, -0.1) is 0 Å². The molecule has 0 heterocycles. The summed E-state index contributed by atoms with van der Waals surface area (Å²) in [5.41, 5.74) is 1.92. The molecule has 0 aliphatic heterocycles. The Morgan fingerprint density at radius 2 is 1.93 bits per heavy atom. The lowest BCUT2D eigenvalue weighted by Gasteiger charge is -2.34. The maximum atomic E-state index is 10.6. The van der Waals surface area contributed by atoms with Crippen LogP contribution in [-0.4, -0.2) is 35.7 Å². The van der Waals surface area contributed by atoms with Crippen LogP contribution >= 0.6 is 0 Å². The van der Waals surface area contributed by atoms with E-state index < -0.39 is 0 Å². The number of allylic oxidation sites excluding steroid dienone is 4.